The van der Waals surface area contributed by atoms with Gasteiger partial charge in [0.25, 0.3) is 11.8 Å². The summed E-state index contributed by atoms with van der Waals surface area (Å²) in [6.45, 7) is 7.44. The first-order valence-corrected chi connectivity index (χ1v) is 21.6. The van der Waals surface area contributed by atoms with Crippen LogP contribution >= 0.6 is 11.6 Å². The van der Waals surface area contributed by atoms with Gasteiger partial charge in [0, 0.05) is 105 Å². The number of methoxy groups -OCH3 is 2. The van der Waals surface area contributed by atoms with E-state index < -0.39 is 0 Å². The molecule has 0 saturated heterocycles. The predicted molar refractivity (Wildman–Crippen MR) is 268 cm³/mol. The molecule has 2 aromatic carbocycles. The minimum Gasteiger partial charge on any atom is -0.494 e. The average Bonchev–Trinajstić information content (AvgIpc) is 3.95. The summed E-state index contributed by atoms with van der Waals surface area (Å²) in [4.78, 5) is 49.7. The predicted octanol–water partition coefficient (Wildman–Crippen LogP) is 7.67. The van der Waals surface area contributed by atoms with Gasteiger partial charge in [-0.2, -0.15) is 10.2 Å². The number of aromatic nitrogens is 10. The smallest absolute Gasteiger partial charge is 0.254 e. The highest BCUT2D eigenvalue weighted by Gasteiger charge is 2.19. The van der Waals surface area contributed by atoms with Crippen LogP contribution in [0.25, 0.3) is 22.3 Å². The molecule has 0 fully saturated rings. The zero-order valence-electron chi connectivity index (χ0n) is 39.8. The quantitative estimate of drug-likeness (QED) is 0.0643. The second-order valence-electron chi connectivity index (χ2n) is 15.2. The van der Waals surface area contributed by atoms with E-state index in [9.17, 15) is 9.59 Å². The molecule has 8 rings (SSSR count). The molecule has 0 aliphatic rings. The van der Waals surface area contributed by atoms with Crippen molar-refractivity contribution in [3.05, 3.63) is 137 Å². The topological polar surface area (TPSA) is 252 Å². The number of nitrogens with one attached hydrogen (secondary N) is 5. The van der Waals surface area contributed by atoms with Crippen LogP contribution < -0.4 is 41.8 Å². The number of carbonyl (C=O) groups is 2. The van der Waals surface area contributed by atoms with Gasteiger partial charge in [0.1, 0.15) is 45.8 Å². The van der Waals surface area contributed by atoms with Crippen LogP contribution in [0.3, 0.4) is 0 Å². The van der Waals surface area contributed by atoms with Crippen molar-refractivity contribution in [1.82, 2.24) is 60.1 Å². The summed E-state index contributed by atoms with van der Waals surface area (Å²) in [5.41, 5.74) is 14.0. The maximum absolute atomic E-state index is 12.6. The molecule has 69 heavy (non-hydrogen) atoms. The Labute approximate surface area is 404 Å². The second-order valence-corrected chi connectivity index (χ2v) is 15.6. The van der Waals surface area contributed by atoms with E-state index in [0.717, 1.165) is 39.5 Å². The minimum absolute atomic E-state index is 0.265. The largest absolute Gasteiger partial charge is 0.494 e. The molecule has 8 aromatic rings. The normalized spacial score (nSPS) is 10.4. The number of hydrogen-bond donors (Lipinski definition) is 6. The van der Waals surface area contributed by atoms with Gasteiger partial charge in [-0.25, -0.2) is 29.9 Å². The lowest BCUT2D eigenvalue weighted by Gasteiger charge is -2.17. The Morgan fingerprint density at radius 3 is 1.54 bits per heavy atom. The fourth-order valence-corrected chi connectivity index (χ4v) is 7.18. The monoisotopic (exact) mass is 952 g/mol. The zero-order valence-corrected chi connectivity index (χ0v) is 40.6. The first kappa shape index (κ1) is 49.8. The van der Waals surface area contributed by atoms with Crippen molar-refractivity contribution < 1.29 is 19.1 Å². The fourth-order valence-electron chi connectivity index (χ4n) is 7.03. The number of anilines is 7. The Kier molecular flexibility index (Phi) is 16.4. The summed E-state index contributed by atoms with van der Waals surface area (Å²) in [6, 6.07) is 18.4. The van der Waals surface area contributed by atoms with Crippen molar-refractivity contribution in [2.75, 3.05) is 50.0 Å². The Morgan fingerprint density at radius 2 is 1.09 bits per heavy atom. The van der Waals surface area contributed by atoms with Gasteiger partial charge < -0.3 is 41.8 Å². The lowest BCUT2D eigenvalue weighted by Crippen LogP contribution is -2.19. The minimum atomic E-state index is -0.266. The number of nitrogen functional groups attached to an aromatic ring is 1. The summed E-state index contributed by atoms with van der Waals surface area (Å²) >= 11 is 6.01. The third-order valence-corrected chi connectivity index (χ3v) is 10.1. The van der Waals surface area contributed by atoms with Crippen LogP contribution in [0.15, 0.2) is 97.8 Å². The molecule has 0 saturated carbocycles. The number of carbonyl (C=O) groups excluding carboxylic acids is 2. The third kappa shape index (κ3) is 12.8. The second kappa shape index (κ2) is 22.7. The van der Waals surface area contributed by atoms with Gasteiger partial charge in [-0.05, 0) is 45.9 Å². The van der Waals surface area contributed by atoms with E-state index in [1.807, 2.05) is 96.6 Å². The molecule has 21 heteroatoms. The maximum Gasteiger partial charge on any atom is 0.254 e. The summed E-state index contributed by atoms with van der Waals surface area (Å²) < 4.78 is 14.8. The number of nitrogens with zero attached hydrogens (tertiary/aromatic N) is 10. The number of rotatable bonds is 12. The molecule has 0 aliphatic carbocycles. The highest BCUT2D eigenvalue weighted by molar-refractivity contribution is 6.29. The van der Waals surface area contributed by atoms with Crippen molar-refractivity contribution in [2.24, 2.45) is 14.1 Å². The van der Waals surface area contributed by atoms with Crippen LogP contribution in [0.5, 0.6) is 11.5 Å². The van der Waals surface area contributed by atoms with E-state index in [4.69, 9.17) is 26.8 Å². The van der Waals surface area contributed by atoms with Crippen molar-refractivity contribution >= 4 is 63.6 Å². The number of amides is 2. The number of halogens is 1. The van der Waals surface area contributed by atoms with Gasteiger partial charge in [0.15, 0.2) is 0 Å². The maximum atomic E-state index is 12.6. The van der Waals surface area contributed by atoms with E-state index in [1.54, 1.807) is 68.3 Å². The Bertz CT molecular complexity index is 3030. The third-order valence-electron chi connectivity index (χ3n) is 9.93. The molecule has 7 N–H and O–H groups in total. The van der Waals surface area contributed by atoms with Crippen LogP contribution in [-0.2, 0) is 14.1 Å². The SMILES string of the molecule is CNC(=O)c1cnc(Cl)cc1Nc1cccc(-c2cnn(C)c2)c1OC.CNC(=O)c1cnc(Nc2cc(C)nc(C)n2)cc1Nc1cccc(-c2cnn(C)c2)c1OC.Cc1cc(N)nc(C)n1. The van der Waals surface area contributed by atoms with Gasteiger partial charge in [-0.15, -0.1) is 0 Å². The fraction of sp³-hybridized carbons (Fsp3) is 0.208. The standard InChI is InChI=1S/C24H26N8O2.C18H18ClN5O2.C6H9N3/c1-14-9-22(29-15(2)28-14)31-21-10-20(18(12-26-21)24(33)25-3)30-19-8-6-7-17(23(19)34-5)16-11-27-32(4)13-16;1-20-18(25)13-9-21-16(19)7-15(13)23-14-6-4-5-12(17(14)26-3)11-8-22-24(2)10-11;1-4-3-6(7)9-5(2)8-4/h6-13H,1-5H3,(H,25,33)(H2,26,28,29,30,31);4-10H,1-3H3,(H,20,25)(H,21,23);3H,1-2H3,(H2,7,8,9). The van der Waals surface area contributed by atoms with Gasteiger partial charge in [-0.1, -0.05) is 35.9 Å². The van der Waals surface area contributed by atoms with E-state index in [1.165, 1.54) is 12.4 Å². The van der Waals surface area contributed by atoms with Gasteiger partial charge in [0.05, 0.1) is 60.5 Å². The molecule has 6 heterocycles. The van der Waals surface area contributed by atoms with Crippen molar-refractivity contribution in [3.63, 3.8) is 0 Å². The summed E-state index contributed by atoms with van der Waals surface area (Å²) in [6.07, 6.45) is 10.3. The molecule has 0 radical (unpaired) electrons. The van der Waals surface area contributed by atoms with E-state index in [2.05, 4.69) is 66.7 Å². The first-order chi connectivity index (χ1) is 33.1. The molecule has 20 nitrogen and oxygen atoms in total. The lowest BCUT2D eigenvalue weighted by molar-refractivity contribution is 0.0955. The Hall–Kier alpha value is -8.65. The highest BCUT2D eigenvalue weighted by Crippen LogP contribution is 2.40. The molecule has 356 valence electrons. The highest BCUT2D eigenvalue weighted by atomic mass is 35.5. The number of benzene rings is 2. The summed E-state index contributed by atoms with van der Waals surface area (Å²) in [5.74, 6) is 3.80. The first-order valence-electron chi connectivity index (χ1n) is 21.2. The number of para-hydroxylation sites is 2. The van der Waals surface area contributed by atoms with Gasteiger partial charge >= 0.3 is 0 Å². The van der Waals surface area contributed by atoms with Crippen LogP contribution in [0.1, 0.15) is 43.8 Å². The molecule has 2 amide bonds. The average molecular weight is 954 g/mol. The number of ether oxygens (including phenoxy) is 2. The van der Waals surface area contributed by atoms with E-state index in [-0.39, 0.29) is 17.0 Å². The molecule has 0 bridgehead atoms. The Balaban J connectivity index is 0.000000196. The molecular formula is C48H53ClN16O4. The molecule has 0 spiro atoms. The van der Waals surface area contributed by atoms with Crippen LogP contribution in [0, 0.1) is 27.7 Å². The molecule has 6 aromatic heterocycles. The van der Waals surface area contributed by atoms with Crippen LogP contribution in [0.2, 0.25) is 5.15 Å². The Morgan fingerprint density at radius 1 is 0.594 bits per heavy atom. The zero-order chi connectivity index (χ0) is 49.8. The number of hydrogen-bond acceptors (Lipinski definition) is 16. The van der Waals surface area contributed by atoms with E-state index in [0.29, 0.717) is 68.7 Å². The molecule has 0 unspecified atom stereocenters. The van der Waals surface area contributed by atoms with Crippen molar-refractivity contribution in [3.8, 4) is 33.8 Å². The summed E-state index contributed by atoms with van der Waals surface area (Å²) in [7, 11) is 10.1. The summed E-state index contributed by atoms with van der Waals surface area (Å²) in [5, 5.41) is 23.8. The van der Waals surface area contributed by atoms with Gasteiger partial charge in [-0.3, -0.25) is 19.0 Å². The van der Waals surface area contributed by atoms with Crippen LogP contribution in [-0.4, -0.2) is 89.6 Å². The molecular weight excluding hydrogens is 900 g/mol. The van der Waals surface area contributed by atoms with Gasteiger partial charge in [0.2, 0.25) is 0 Å². The molecule has 0 aliphatic heterocycles. The number of nitrogens with two attached hydrogens (primary N) is 1. The number of pyridine rings is 2. The molecule has 0 atom stereocenters. The van der Waals surface area contributed by atoms with E-state index >= 15 is 0 Å². The van der Waals surface area contributed by atoms with Crippen LogP contribution in [0.4, 0.5) is 40.2 Å². The number of aryl methyl sites for hydroxylation is 6. The van der Waals surface area contributed by atoms with Crippen molar-refractivity contribution in [2.45, 2.75) is 27.7 Å². The van der Waals surface area contributed by atoms with Crippen molar-refractivity contribution in [1.29, 1.82) is 0 Å². The lowest BCUT2D eigenvalue weighted by atomic mass is 10.1.